The number of ether oxygens (including phenoxy) is 2. The maximum absolute atomic E-state index is 5.46. The number of nitrogens with zero attached hydrogens (tertiary/aromatic N) is 2. The summed E-state index contributed by atoms with van der Waals surface area (Å²) in [6, 6.07) is 16.6. The van der Waals surface area contributed by atoms with Crippen LogP contribution in [-0.4, -0.2) is 22.9 Å². The number of unbranched alkanes of at least 4 members (excludes halogenated alkanes) is 1. The third-order valence-electron chi connectivity index (χ3n) is 5.04. The molecule has 146 valence electrons. The highest BCUT2D eigenvalue weighted by Gasteiger charge is 2.13. The average molecular weight is 377 g/mol. The molecule has 3 aromatic rings. The summed E-state index contributed by atoms with van der Waals surface area (Å²) in [6.45, 7) is 5.26. The van der Waals surface area contributed by atoms with Crippen molar-refractivity contribution in [2.75, 3.05) is 13.3 Å². The Bertz CT molecular complexity index is 905. The molecule has 28 heavy (non-hydrogen) atoms. The summed E-state index contributed by atoms with van der Waals surface area (Å²) in [6.07, 6.45) is 5.28. The molecule has 0 fully saturated rings. The van der Waals surface area contributed by atoms with Gasteiger partial charge in [-0.25, -0.2) is 4.98 Å². The first-order valence-corrected chi connectivity index (χ1v) is 10.0. The van der Waals surface area contributed by atoms with Crippen molar-refractivity contribution in [3.8, 4) is 22.9 Å². The molecule has 5 nitrogen and oxygen atoms in total. The molecule has 4 rings (SSSR count). The fraction of sp³-hybridized carbons (Fsp3) is 0.348. The van der Waals surface area contributed by atoms with E-state index in [0.29, 0.717) is 6.79 Å². The molecular formula is C23H27N3O2. The van der Waals surface area contributed by atoms with E-state index in [4.69, 9.17) is 14.5 Å². The van der Waals surface area contributed by atoms with Gasteiger partial charge in [0, 0.05) is 18.7 Å². The highest BCUT2D eigenvalue weighted by molar-refractivity contribution is 5.55. The van der Waals surface area contributed by atoms with E-state index in [-0.39, 0.29) is 0 Å². The van der Waals surface area contributed by atoms with Gasteiger partial charge in [0.1, 0.15) is 5.82 Å². The fourth-order valence-electron chi connectivity index (χ4n) is 3.48. The zero-order chi connectivity index (χ0) is 19.2. The van der Waals surface area contributed by atoms with Crippen LogP contribution in [0.15, 0.2) is 54.7 Å². The summed E-state index contributed by atoms with van der Waals surface area (Å²) in [5.74, 6) is 2.74. The number of nitrogens with one attached hydrogen (secondary N) is 1. The number of benzene rings is 2. The Labute approximate surface area is 166 Å². The van der Waals surface area contributed by atoms with Crippen LogP contribution < -0.4 is 14.8 Å². The van der Waals surface area contributed by atoms with E-state index in [1.165, 1.54) is 23.2 Å². The molecular weight excluding hydrogens is 350 g/mol. The van der Waals surface area contributed by atoms with Crippen molar-refractivity contribution in [2.45, 2.75) is 39.3 Å². The summed E-state index contributed by atoms with van der Waals surface area (Å²) in [4.78, 5) is 4.71. The molecule has 2 aromatic carbocycles. The molecule has 0 radical (unpaired) electrons. The lowest BCUT2D eigenvalue weighted by molar-refractivity contribution is 0.174. The predicted octanol–water partition coefficient (Wildman–Crippen LogP) is 4.41. The number of rotatable bonds is 9. The van der Waals surface area contributed by atoms with E-state index >= 15 is 0 Å². The van der Waals surface area contributed by atoms with E-state index in [2.05, 4.69) is 53.2 Å². The molecule has 0 bridgehead atoms. The summed E-state index contributed by atoms with van der Waals surface area (Å²) >= 11 is 0. The molecule has 1 aromatic heterocycles. The minimum Gasteiger partial charge on any atom is -0.454 e. The van der Waals surface area contributed by atoms with Crippen LogP contribution in [0.3, 0.4) is 0 Å². The van der Waals surface area contributed by atoms with Crippen LogP contribution in [0.25, 0.3) is 11.4 Å². The second-order valence-corrected chi connectivity index (χ2v) is 7.06. The molecule has 2 heterocycles. The van der Waals surface area contributed by atoms with Crippen LogP contribution in [-0.2, 0) is 19.5 Å². The van der Waals surface area contributed by atoms with Crippen LogP contribution >= 0.6 is 0 Å². The van der Waals surface area contributed by atoms with Gasteiger partial charge in [-0.05, 0) is 37.1 Å². The van der Waals surface area contributed by atoms with Crippen molar-refractivity contribution in [3.05, 3.63) is 66.0 Å². The van der Waals surface area contributed by atoms with E-state index in [9.17, 15) is 0 Å². The fourth-order valence-corrected chi connectivity index (χ4v) is 3.48. The Balaban J connectivity index is 1.38. The lowest BCUT2D eigenvalue weighted by Crippen LogP contribution is -2.19. The van der Waals surface area contributed by atoms with Crippen molar-refractivity contribution in [1.82, 2.24) is 14.9 Å². The standard InChI is InChI=1S/C23H27N3O2/c1-2-3-13-26-20(16-25-23(26)19-7-5-4-6-8-19)15-24-12-11-18-9-10-21-22(14-18)28-17-27-21/h4-10,14,16,24H,2-3,11-13,15,17H2,1H3. The Morgan fingerprint density at radius 1 is 1.07 bits per heavy atom. The van der Waals surface area contributed by atoms with Crippen molar-refractivity contribution in [1.29, 1.82) is 0 Å². The van der Waals surface area contributed by atoms with Gasteiger partial charge in [0.2, 0.25) is 6.79 Å². The molecule has 1 aliphatic rings. The molecule has 0 unspecified atom stereocenters. The van der Waals surface area contributed by atoms with Gasteiger partial charge >= 0.3 is 0 Å². The quantitative estimate of drug-likeness (QED) is 0.561. The largest absolute Gasteiger partial charge is 0.454 e. The Morgan fingerprint density at radius 2 is 1.93 bits per heavy atom. The van der Waals surface area contributed by atoms with Gasteiger partial charge < -0.3 is 19.4 Å². The van der Waals surface area contributed by atoms with E-state index in [1.54, 1.807) is 0 Å². The topological polar surface area (TPSA) is 48.3 Å². The number of fused-ring (bicyclic) bond motifs is 1. The van der Waals surface area contributed by atoms with Gasteiger partial charge in [0.15, 0.2) is 11.5 Å². The maximum Gasteiger partial charge on any atom is 0.231 e. The van der Waals surface area contributed by atoms with Crippen LogP contribution in [0.1, 0.15) is 31.0 Å². The summed E-state index contributed by atoms with van der Waals surface area (Å²) < 4.78 is 13.2. The molecule has 5 heteroatoms. The second-order valence-electron chi connectivity index (χ2n) is 7.06. The zero-order valence-corrected chi connectivity index (χ0v) is 16.4. The summed E-state index contributed by atoms with van der Waals surface area (Å²) in [5.41, 5.74) is 3.66. The molecule has 0 saturated carbocycles. The van der Waals surface area contributed by atoms with Crippen LogP contribution in [0.5, 0.6) is 11.5 Å². The van der Waals surface area contributed by atoms with Crippen molar-refractivity contribution >= 4 is 0 Å². The monoisotopic (exact) mass is 377 g/mol. The van der Waals surface area contributed by atoms with Gasteiger partial charge in [0.25, 0.3) is 0 Å². The Hall–Kier alpha value is -2.79. The highest BCUT2D eigenvalue weighted by Crippen LogP contribution is 2.32. The minimum atomic E-state index is 0.322. The first kappa shape index (κ1) is 18.6. The lowest BCUT2D eigenvalue weighted by atomic mass is 10.1. The molecule has 1 N–H and O–H groups in total. The molecule has 0 atom stereocenters. The van der Waals surface area contributed by atoms with Gasteiger partial charge in [-0.15, -0.1) is 0 Å². The average Bonchev–Trinajstić information content (AvgIpc) is 3.36. The Morgan fingerprint density at radius 3 is 2.79 bits per heavy atom. The number of aromatic nitrogens is 2. The van der Waals surface area contributed by atoms with E-state index in [1.807, 2.05) is 18.3 Å². The smallest absolute Gasteiger partial charge is 0.231 e. The van der Waals surface area contributed by atoms with E-state index in [0.717, 1.165) is 49.8 Å². The minimum absolute atomic E-state index is 0.322. The van der Waals surface area contributed by atoms with Gasteiger partial charge in [-0.3, -0.25) is 0 Å². The van der Waals surface area contributed by atoms with Crippen LogP contribution in [0.4, 0.5) is 0 Å². The third-order valence-corrected chi connectivity index (χ3v) is 5.04. The maximum atomic E-state index is 5.46. The number of hydrogen-bond donors (Lipinski definition) is 1. The normalized spacial score (nSPS) is 12.5. The molecule has 1 aliphatic heterocycles. The molecule has 0 amide bonds. The van der Waals surface area contributed by atoms with Crippen molar-refractivity contribution in [3.63, 3.8) is 0 Å². The summed E-state index contributed by atoms with van der Waals surface area (Å²) in [7, 11) is 0. The van der Waals surface area contributed by atoms with Crippen LogP contribution in [0, 0.1) is 0 Å². The number of hydrogen-bond acceptors (Lipinski definition) is 4. The van der Waals surface area contributed by atoms with Crippen molar-refractivity contribution < 1.29 is 9.47 Å². The third kappa shape index (κ3) is 4.20. The second kappa shape index (κ2) is 8.93. The molecule has 0 spiro atoms. The first-order chi connectivity index (χ1) is 13.8. The SMILES string of the molecule is CCCCn1c(CNCCc2ccc3c(c2)OCO3)cnc1-c1ccccc1. The zero-order valence-electron chi connectivity index (χ0n) is 16.4. The van der Waals surface area contributed by atoms with Gasteiger partial charge in [-0.1, -0.05) is 49.7 Å². The van der Waals surface area contributed by atoms with Gasteiger partial charge in [0.05, 0.1) is 11.9 Å². The predicted molar refractivity (Wildman–Crippen MR) is 111 cm³/mol. The molecule has 0 saturated heterocycles. The lowest BCUT2D eigenvalue weighted by Gasteiger charge is -2.12. The van der Waals surface area contributed by atoms with Crippen LogP contribution in [0.2, 0.25) is 0 Å². The van der Waals surface area contributed by atoms with Gasteiger partial charge in [-0.2, -0.15) is 0 Å². The van der Waals surface area contributed by atoms with Crippen molar-refractivity contribution in [2.24, 2.45) is 0 Å². The van der Waals surface area contributed by atoms with E-state index < -0.39 is 0 Å². The first-order valence-electron chi connectivity index (χ1n) is 10.0. The Kier molecular flexibility index (Phi) is 5.92. The highest BCUT2D eigenvalue weighted by atomic mass is 16.7. The summed E-state index contributed by atoms with van der Waals surface area (Å²) in [5, 5.41) is 3.57. The number of imidazole rings is 1. The molecule has 0 aliphatic carbocycles.